The molecular weight excluding hydrogens is 250 g/mol. The van der Waals surface area contributed by atoms with E-state index in [0.29, 0.717) is 11.1 Å². The molecule has 3 nitrogen and oxygen atoms in total. The molecule has 100 valence electrons. The van der Waals surface area contributed by atoms with Crippen LogP contribution >= 0.6 is 11.6 Å². The summed E-state index contributed by atoms with van der Waals surface area (Å²) in [6.07, 6.45) is 4.92. The molecule has 1 atom stereocenters. The fourth-order valence-corrected chi connectivity index (χ4v) is 2.27. The fourth-order valence-electron chi connectivity index (χ4n) is 2.07. The lowest BCUT2D eigenvalue weighted by Crippen LogP contribution is -2.15. The highest BCUT2D eigenvalue weighted by atomic mass is 35.5. The first kappa shape index (κ1) is 13.3. The quantitative estimate of drug-likeness (QED) is 0.774. The summed E-state index contributed by atoms with van der Waals surface area (Å²) in [4.78, 5) is 0. The van der Waals surface area contributed by atoms with E-state index in [2.05, 4.69) is 19.2 Å². The number of rotatable bonds is 6. The molecular formula is C14H20ClNO2. The summed E-state index contributed by atoms with van der Waals surface area (Å²) in [5.74, 6) is 1.49. The van der Waals surface area contributed by atoms with Gasteiger partial charge in [0, 0.05) is 18.2 Å². The summed E-state index contributed by atoms with van der Waals surface area (Å²) in [5, 5.41) is 4.11. The number of anilines is 1. The van der Waals surface area contributed by atoms with Crippen LogP contribution in [0.4, 0.5) is 5.69 Å². The molecule has 0 aliphatic carbocycles. The van der Waals surface area contributed by atoms with Gasteiger partial charge in [0.05, 0.1) is 10.7 Å². The molecule has 2 rings (SSSR count). The number of halogens is 1. The Kier molecular flexibility index (Phi) is 4.59. The van der Waals surface area contributed by atoms with Crippen LogP contribution in [0.15, 0.2) is 12.1 Å². The maximum absolute atomic E-state index is 6.22. The van der Waals surface area contributed by atoms with E-state index in [1.54, 1.807) is 0 Å². The Labute approximate surface area is 113 Å². The van der Waals surface area contributed by atoms with Crippen molar-refractivity contribution in [2.45, 2.75) is 45.6 Å². The van der Waals surface area contributed by atoms with Gasteiger partial charge >= 0.3 is 0 Å². The van der Waals surface area contributed by atoms with Gasteiger partial charge in [-0.1, -0.05) is 37.8 Å². The van der Waals surface area contributed by atoms with Crippen molar-refractivity contribution in [2.75, 3.05) is 12.1 Å². The van der Waals surface area contributed by atoms with Gasteiger partial charge < -0.3 is 14.8 Å². The molecule has 1 aliphatic heterocycles. The molecule has 0 bridgehead atoms. The molecule has 18 heavy (non-hydrogen) atoms. The number of hydrogen-bond donors (Lipinski definition) is 1. The summed E-state index contributed by atoms with van der Waals surface area (Å²) in [5.41, 5.74) is 0.921. The number of ether oxygens (including phenoxy) is 2. The van der Waals surface area contributed by atoms with Crippen molar-refractivity contribution in [2.24, 2.45) is 0 Å². The van der Waals surface area contributed by atoms with Crippen LogP contribution in [0, 0.1) is 0 Å². The Morgan fingerprint density at radius 2 is 2.00 bits per heavy atom. The zero-order valence-corrected chi connectivity index (χ0v) is 11.7. The predicted octanol–water partition coefficient (Wildman–Crippen LogP) is 4.45. The van der Waals surface area contributed by atoms with E-state index >= 15 is 0 Å². The Hall–Kier alpha value is -1.09. The number of unbranched alkanes of at least 4 members (excludes halogenated alkanes) is 2. The third-order valence-corrected chi connectivity index (χ3v) is 3.42. The van der Waals surface area contributed by atoms with E-state index < -0.39 is 0 Å². The van der Waals surface area contributed by atoms with Crippen LogP contribution in [0.2, 0.25) is 5.02 Å². The van der Waals surface area contributed by atoms with Crippen LogP contribution in [0.25, 0.3) is 0 Å². The second kappa shape index (κ2) is 6.19. The predicted molar refractivity (Wildman–Crippen MR) is 74.8 cm³/mol. The highest BCUT2D eigenvalue weighted by Crippen LogP contribution is 2.39. The Morgan fingerprint density at radius 1 is 1.28 bits per heavy atom. The largest absolute Gasteiger partial charge is 0.454 e. The van der Waals surface area contributed by atoms with Gasteiger partial charge in [-0.2, -0.15) is 0 Å². The molecule has 0 spiro atoms. The highest BCUT2D eigenvalue weighted by Gasteiger charge is 2.17. The van der Waals surface area contributed by atoms with Crippen LogP contribution in [-0.4, -0.2) is 12.8 Å². The van der Waals surface area contributed by atoms with Crippen LogP contribution in [0.5, 0.6) is 11.5 Å². The minimum Gasteiger partial charge on any atom is -0.454 e. The molecule has 1 aliphatic rings. The maximum atomic E-state index is 6.22. The molecule has 0 aromatic heterocycles. The normalized spacial score (nSPS) is 14.6. The van der Waals surface area contributed by atoms with Crippen LogP contribution in [0.3, 0.4) is 0 Å². The molecule has 1 aromatic rings. The second-order valence-corrected chi connectivity index (χ2v) is 5.13. The maximum Gasteiger partial charge on any atom is 0.231 e. The molecule has 1 unspecified atom stereocenters. The van der Waals surface area contributed by atoms with Gasteiger partial charge in [0.15, 0.2) is 11.5 Å². The van der Waals surface area contributed by atoms with Crippen molar-refractivity contribution in [3.05, 3.63) is 17.2 Å². The van der Waals surface area contributed by atoms with Gasteiger partial charge in [0.1, 0.15) is 0 Å². The molecule has 1 heterocycles. The van der Waals surface area contributed by atoms with E-state index in [0.717, 1.165) is 23.6 Å². The molecule has 4 heteroatoms. The number of hydrogen-bond acceptors (Lipinski definition) is 3. The van der Waals surface area contributed by atoms with E-state index in [9.17, 15) is 0 Å². The average Bonchev–Trinajstić information content (AvgIpc) is 2.77. The standard InChI is InChI=1S/C14H20ClNO2/c1-3-4-5-6-10(2)16-12-8-14-13(7-11(12)15)17-9-18-14/h7-8,10,16H,3-6,9H2,1-2H3. The molecule has 0 fully saturated rings. The minimum atomic E-state index is 0.279. The lowest BCUT2D eigenvalue weighted by molar-refractivity contribution is 0.174. The second-order valence-electron chi connectivity index (χ2n) is 4.73. The number of benzene rings is 1. The summed E-state index contributed by atoms with van der Waals surface area (Å²) >= 11 is 6.22. The Bertz CT molecular complexity index is 409. The topological polar surface area (TPSA) is 30.5 Å². The van der Waals surface area contributed by atoms with Gasteiger partial charge in [-0.05, 0) is 13.3 Å². The van der Waals surface area contributed by atoms with Gasteiger partial charge in [-0.15, -0.1) is 0 Å². The smallest absolute Gasteiger partial charge is 0.231 e. The lowest BCUT2D eigenvalue weighted by Gasteiger charge is -2.16. The zero-order chi connectivity index (χ0) is 13.0. The van der Waals surface area contributed by atoms with E-state index in [1.165, 1.54) is 19.3 Å². The first-order valence-corrected chi connectivity index (χ1v) is 6.94. The van der Waals surface area contributed by atoms with E-state index in [1.807, 2.05) is 12.1 Å². The molecule has 1 N–H and O–H groups in total. The Morgan fingerprint density at radius 3 is 2.72 bits per heavy atom. The highest BCUT2D eigenvalue weighted by molar-refractivity contribution is 6.33. The first-order chi connectivity index (χ1) is 8.70. The van der Waals surface area contributed by atoms with Crippen molar-refractivity contribution < 1.29 is 9.47 Å². The number of nitrogens with one attached hydrogen (secondary N) is 1. The fraction of sp³-hybridized carbons (Fsp3) is 0.571. The third-order valence-electron chi connectivity index (χ3n) is 3.10. The van der Waals surface area contributed by atoms with Gasteiger partial charge in [0.2, 0.25) is 6.79 Å². The summed E-state index contributed by atoms with van der Waals surface area (Å²) < 4.78 is 10.6. The number of fused-ring (bicyclic) bond motifs is 1. The van der Waals surface area contributed by atoms with Crippen molar-refractivity contribution in [1.29, 1.82) is 0 Å². The van der Waals surface area contributed by atoms with Crippen LogP contribution < -0.4 is 14.8 Å². The van der Waals surface area contributed by atoms with Gasteiger partial charge in [-0.3, -0.25) is 0 Å². The minimum absolute atomic E-state index is 0.279. The van der Waals surface area contributed by atoms with Crippen molar-refractivity contribution in [3.63, 3.8) is 0 Å². The lowest BCUT2D eigenvalue weighted by atomic mass is 10.1. The summed E-state index contributed by atoms with van der Waals surface area (Å²) in [7, 11) is 0. The zero-order valence-electron chi connectivity index (χ0n) is 11.0. The summed E-state index contributed by atoms with van der Waals surface area (Å²) in [6.45, 7) is 4.67. The molecule has 1 aromatic carbocycles. The monoisotopic (exact) mass is 269 g/mol. The third kappa shape index (κ3) is 3.22. The Balaban J connectivity index is 1.96. The molecule has 0 amide bonds. The van der Waals surface area contributed by atoms with Gasteiger partial charge in [0.25, 0.3) is 0 Å². The van der Waals surface area contributed by atoms with Crippen molar-refractivity contribution in [3.8, 4) is 11.5 Å². The average molecular weight is 270 g/mol. The van der Waals surface area contributed by atoms with E-state index in [-0.39, 0.29) is 6.79 Å². The van der Waals surface area contributed by atoms with Crippen molar-refractivity contribution in [1.82, 2.24) is 0 Å². The molecule has 0 radical (unpaired) electrons. The van der Waals surface area contributed by atoms with E-state index in [4.69, 9.17) is 21.1 Å². The van der Waals surface area contributed by atoms with Crippen molar-refractivity contribution >= 4 is 17.3 Å². The summed E-state index contributed by atoms with van der Waals surface area (Å²) in [6, 6.07) is 4.14. The molecule has 0 saturated carbocycles. The SMILES string of the molecule is CCCCCC(C)Nc1cc2c(cc1Cl)OCO2. The first-order valence-electron chi connectivity index (χ1n) is 6.56. The van der Waals surface area contributed by atoms with Crippen LogP contribution in [-0.2, 0) is 0 Å². The van der Waals surface area contributed by atoms with Gasteiger partial charge in [-0.25, -0.2) is 0 Å². The van der Waals surface area contributed by atoms with Crippen LogP contribution in [0.1, 0.15) is 39.5 Å². The molecule has 0 saturated heterocycles.